The Morgan fingerprint density at radius 2 is 1.93 bits per heavy atom. The van der Waals surface area contributed by atoms with Gasteiger partial charge in [-0.05, 0) is 24.3 Å². The first-order valence-electron chi connectivity index (χ1n) is 7.69. The van der Waals surface area contributed by atoms with Crippen LogP contribution in [0.5, 0.6) is 0 Å². The number of hydrogen-bond donors (Lipinski definition) is 2. The second-order valence-electron chi connectivity index (χ2n) is 5.32. The van der Waals surface area contributed by atoms with Gasteiger partial charge in [0.05, 0.1) is 10.6 Å². The number of nitro groups is 1. The third-order valence-corrected chi connectivity index (χ3v) is 3.52. The first-order valence-corrected chi connectivity index (χ1v) is 8.07. The fraction of sp³-hybridized carbons (Fsp3) is 0.118. The predicted molar refractivity (Wildman–Crippen MR) is 96.4 cm³/mol. The highest BCUT2D eigenvalue weighted by atomic mass is 35.5. The number of carbonyl (C=O) groups excluding carboxylic acids is 3. The zero-order chi connectivity index (χ0) is 20.7. The van der Waals surface area contributed by atoms with Gasteiger partial charge in [0.1, 0.15) is 12.4 Å². The molecule has 2 aromatic rings. The molecule has 28 heavy (non-hydrogen) atoms. The van der Waals surface area contributed by atoms with Crippen LogP contribution in [-0.4, -0.2) is 35.9 Å². The Hall–Kier alpha value is -3.53. The normalized spacial score (nSPS) is 10.1. The fourth-order valence-electron chi connectivity index (χ4n) is 1.99. The van der Waals surface area contributed by atoms with Crippen molar-refractivity contribution in [3.8, 4) is 0 Å². The Morgan fingerprint density at radius 1 is 1.18 bits per heavy atom. The highest BCUT2D eigenvalue weighted by Gasteiger charge is 2.14. The Bertz CT molecular complexity index is 937. The molecule has 0 bridgehead atoms. The summed E-state index contributed by atoms with van der Waals surface area (Å²) in [5.74, 6) is -3.20. The molecule has 0 radical (unpaired) electrons. The summed E-state index contributed by atoms with van der Waals surface area (Å²) in [6, 6.07) is 8.55. The van der Waals surface area contributed by atoms with E-state index in [0.717, 1.165) is 12.1 Å². The zero-order valence-electron chi connectivity index (χ0n) is 14.1. The SMILES string of the molecule is O=C(COC(=O)CNC(=O)c1cccc([N+](=O)[O-])c1)Nc1ccc(Cl)cc1F. The van der Waals surface area contributed by atoms with Crippen LogP contribution in [0.1, 0.15) is 10.4 Å². The standard InChI is InChI=1S/C17H13ClFN3O6/c18-11-4-5-14(13(19)7-11)21-15(23)9-28-16(24)8-20-17(25)10-2-1-3-12(6-10)22(26)27/h1-7H,8-9H2,(H,20,25)(H,21,23). The average molecular weight is 410 g/mol. The molecule has 2 amide bonds. The molecule has 146 valence electrons. The average Bonchev–Trinajstić information content (AvgIpc) is 2.66. The highest BCUT2D eigenvalue weighted by Crippen LogP contribution is 2.18. The quantitative estimate of drug-likeness (QED) is 0.410. The van der Waals surface area contributed by atoms with E-state index in [0.29, 0.717) is 0 Å². The molecule has 11 heteroatoms. The molecular weight excluding hydrogens is 397 g/mol. The summed E-state index contributed by atoms with van der Waals surface area (Å²) >= 11 is 5.60. The summed E-state index contributed by atoms with van der Waals surface area (Å²) < 4.78 is 18.2. The number of rotatable bonds is 7. The number of nitro benzene ring substituents is 1. The van der Waals surface area contributed by atoms with Gasteiger partial charge in [-0.3, -0.25) is 24.5 Å². The number of esters is 1. The van der Waals surface area contributed by atoms with E-state index in [9.17, 15) is 28.9 Å². The molecule has 0 aliphatic carbocycles. The molecule has 0 saturated carbocycles. The largest absolute Gasteiger partial charge is 0.454 e. The van der Waals surface area contributed by atoms with E-state index in [2.05, 4.69) is 15.4 Å². The lowest BCUT2D eigenvalue weighted by atomic mass is 10.2. The van der Waals surface area contributed by atoms with Gasteiger partial charge in [0.25, 0.3) is 17.5 Å². The molecule has 0 unspecified atom stereocenters. The number of hydrogen-bond acceptors (Lipinski definition) is 6. The third-order valence-electron chi connectivity index (χ3n) is 3.28. The molecule has 2 N–H and O–H groups in total. The smallest absolute Gasteiger partial charge is 0.325 e. The number of halogens is 2. The lowest BCUT2D eigenvalue weighted by molar-refractivity contribution is -0.384. The molecule has 0 aliphatic rings. The second-order valence-corrected chi connectivity index (χ2v) is 5.76. The van der Waals surface area contributed by atoms with Gasteiger partial charge < -0.3 is 15.4 Å². The van der Waals surface area contributed by atoms with Gasteiger partial charge in [-0.1, -0.05) is 17.7 Å². The minimum absolute atomic E-state index is 0.0158. The number of benzene rings is 2. The summed E-state index contributed by atoms with van der Waals surface area (Å²) in [6.07, 6.45) is 0. The van der Waals surface area contributed by atoms with E-state index in [1.807, 2.05) is 0 Å². The van der Waals surface area contributed by atoms with Crippen LogP contribution in [0.3, 0.4) is 0 Å². The molecule has 0 saturated heterocycles. The number of nitrogens with zero attached hydrogens (tertiary/aromatic N) is 1. The van der Waals surface area contributed by atoms with E-state index in [1.54, 1.807) is 0 Å². The Balaban J connectivity index is 1.79. The highest BCUT2D eigenvalue weighted by molar-refractivity contribution is 6.30. The van der Waals surface area contributed by atoms with E-state index in [1.165, 1.54) is 30.3 Å². The van der Waals surface area contributed by atoms with Crippen molar-refractivity contribution in [2.75, 3.05) is 18.5 Å². The maximum Gasteiger partial charge on any atom is 0.325 e. The van der Waals surface area contributed by atoms with Gasteiger partial charge in [0.2, 0.25) is 0 Å². The Morgan fingerprint density at radius 3 is 2.61 bits per heavy atom. The van der Waals surface area contributed by atoms with Crippen molar-refractivity contribution in [3.63, 3.8) is 0 Å². The summed E-state index contributed by atoms with van der Waals surface area (Å²) in [4.78, 5) is 45.2. The molecule has 0 fully saturated rings. The van der Waals surface area contributed by atoms with E-state index < -0.39 is 41.7 Å². The van der Waals surface area contributed by atoms with Crippen LogP contribution in [0.25, 0.3) is 0 Å². The van der Waals surface area contributed by atoms with Crippen molar-refractivity contribution >= 4 is 40.8 Å². The number of non-ortho nitro benzene ring substituents is 1. The van der Waals surface area contributed by atoms with E-state index in [-0.39, 0.29) is 22.0 Å². The topological polar surface area (TPSA) is 128 Å². The van der Waals surface area contributed by atoms with Crippen LogP contribution >= 0.6 is 11.6 Å². The first kappa shape index (κ1) is 20.8. The number of nitrogens with one attached hydrogen (secondary N) is 2. The maximum absolute atomic E-state index is 13.6. The van der Waals surface area contributed by atoms with Crippen LogP contribution in [0.2, 0.25) is 5.02 Å². The monoisotopic (exact) mass is 409 g/mol. The van der Waals surface area contributed by atoms with Crippen molar-refractivity contribution in [1.29, 1.82) is 0 Å². The van der Waals surface area contributed by atoms with Crippen LogP contribution in [0, 0.1) is 15.9 Å². The number of ether oxygens (including phenoxy) is 1. The zero-order valence-corrected chi connectivity index (χ0v) is 14.9. The molecule has 0 aromatic heterocycles. The molecule has 0 spiro atoms. The Labute approximate surface area is 162 Å². The van der Waals surface area contributed by atoms with E-state index >= 15 is 0 Å². The number of carbonyl (C=O) groups is 3. The van der Waals surface area contributed by atoms with Gasteiger partial charge >= 0.3 is 5.97 Å². The minimum atomic E-state index is -0.925. The fourth-order valence-corrected chi connectivity index (χ4v) is 2.15. The van der Waals surface area contributed by atoms with Crippen molar-refractivity contribution in [1.82, 2.24) is 5.32 Å². The maximum atomic E-state index is 13.6. The summed E-state index contributed by atoms with van der Waals surface area (Å²) in [7, 11) is 0. The van der Waals surface area contributed by atoms with E-state index in [4.69, 9.17) is 11.6 Å². The number of amides is 2. The molecule has 0 aliphatic heterocycles. The van der Waals surface area contributed by atoms with Gasteiger partial charge in [0.15, 0.2) is 6.61 Å². The van der Waals surface area contributed by atoms with Gasteiger partial charge in [-0.15, -0.1) is 0 Å². The first-order chi connectivity index (χ1) is 13.3. The summed E-state index contributed by atoms with van der Waals surface area (Å²) in [5.41, 5.74) is -0.427. The molecule has 9 nitrogen and oxygen atoms in total. The molecule has 2 aromatic carbocycles. The van der Waals surface area contributed by atoms with Crippen molar-refractivity contribution in [2.45, 2.75) is 0 Å². The summed E-state index contributed by atoms with van der Waals surface area (Å²) in [5, 5.41) is 15.3. The van der Waals surface area contributed by atoms with Gasteiger partial charge in [-0.25, -0.2) is 4.39 Å². The minimum Gasteiger partial charge on any atom is -0.454 e. The summed E-state index contributed by atoms with van der Waals surface area (Å²) in [6.45, 7) is -1.27. The van der Waals surface area contributed by atoms with Crippen molar-refractivity contribution < 1.29 is 28.4 Å². The molecule has 2 rings (SSSR count). The molecule has 0 atom stereocenters. The van der Waals surface area contributed by atoms with Crippen LogP contribution in [-0.2, 0) is 14.3 Å². The Kier molecular flexibility index (Phi) is 6.99. The molecule has 0 heterocycles. The molecular formula is C17H13ClFN3O6. The third kappa shape index (κ3) is 6.02. The van der Waals surface area contributed by atoms with Crippen molar-refractivity contribution in [3.05, 3.63) is 69.0 Å². The number of anilines is 1. The predicted octanol–water partition coefficient (Wildman–Crippen LogP) is 2.30. The lowest BCUT2D eigenvalue weighted by Gasteiger charge is -2.08. The van der Waals surface area contributed by atoms with Crippen LogP contribution in [0.4, 0.5) is 15.8 Å². The lowest BCUT2D eigenvalue weighted by Crippen LogP contribution is -2.32. The van der Waals surface area contributed by atoms with Crippen LogP contribution in [0.15, 0.2) is 42.5 Å². The second kappa shape index (κ2) is 9.42. The van der Waals surface area contributed by atoms with Gasteiger partial charge in [0, 0.05) is 22.7 Å². The van der Waals surface area contributed by atoms with Crippen LogP contribution < -0.4 is 10.6 Å². The van der Waals surface area contributed by atoms with Gasteiger partial charge in [-0.2, -0.15) is 0 Å². The van der Waals surface area contributed by atoms with Crippen molar-refractivity contribution in [2.24, 2.45) is 0 Å².